The second-order valence-corrected chi connectivity index (χ2v) is 7.08. The zero-order valence-corrected chi connectivity index (χ0v) is 12.3. The Morgan fingerprint density at radius 1 is 1.33 bits per heavy atom. The van der Waals surface area contributed by atoms with Crippen LogP contribution in [0, 0.1) is 0 Å². The summed E-state index contributed by atoms with van der Waals surface area (Å²) in [4.78, 5) is 4.38. The van der Waals surface area contributed by atoms with E-state index in [2.05, 4.69) is 4.98 Å². The van der Waals surface area contributed by atoms with Crippen LogP contribution in [0.1, 0.15) is 12.8 Å². The molecule has 6 nitrogen and oxygen atoms in total. The molecule has 0 aliphatic carbocycles. The Morgan fingerprint density at radius 3 is 2.90 bits per heavy atom. The summed E-state index contributed by atoms with van der Waals surface area (Å²) in [6.07, 6.45) is 1.47. The van der Waals surface area contributed by atoms with Gasteiger partial charge in [-0.1, -0.05) is 0 Å². The molecule has 1 atom stereocenters. The zero-order valence-electron chi connectivity index (χ0n) is 11.4. The molecule has 1 aromatic carbocycles. The van der Waals surface area contributed by atoms with Crippen molar-refractivity contribution in [2.24, 2.45) is 0 Å². The number of aromatic nitrogens is 1. The van der Waals surface area contributed by atoms with Crippen LogP contribution in [-0.2, 0) is 10.0 Å². The average molecular weight is 307 g/mol. The Kier molecular flexibility index (Phi) is 3.56. The van der Waals surface area contributed by atoms with Gasteiger partial charge in [0.05, 0.1) is 17.0 Å². The van der Waals surface area contributed by atoms with Gasteiger partial charge in [-0.25, -0.2) is 13.4 Å². The first-order valence-corrected chi connectivity index (χ1v) is 8.25. The maximum atomic E-state index is 12.7. The summed E-state index contributed by atoms with van der Waals surface area (Å²) < 4.78 is 26.8. The van der Waals surface area contributed by atoms with E-state index >= 15 is 0 Å². The van der Waals surface area contributed by atoms with Crippen molar-refractivity contribution in [1.29, 1.82) is 0 Å². The first-order chi connectivity index (χ1) is 10.0. The smallest absolute Gasteiger partial charge is 0.243 e. The van der Waals surface area contributed by atoms with Gasteiger partial charge >= 0.3 is 0 Å². The Balaban J connectivity index is 2.04. The fourth-order valence-corrected chi connectivity index (χ4v) is 4.44. The molecule has 1 aliphatic heterocycles. The lowest BCUT2D eigenvalue weighted by Crippen LogP contribution is -2.37. The number of hydrogen-bond acceptors (Lipinski definition) is 5. The van der Waals surface area contributed by atoms with Crippen molar-refractivity contribution < 1.29 is 13.5 Å². The highest BCUT2D eigenvalue weighted by molar-refractivity contribution is 7.89. The number of pyridine rings is 1. The molecule has 0 bridgehead atoms. The van der Waals surface area contributed by atoms with Crippen LogP contribution in [0.2, 0.25) is 0 Å². The average Bonchev–Trinajstić information content (AvgIpc) is 2.95. The van der Waals surface area contributed by atoms with E-state index < -0.39 is 10.0 Å². The lowest BCUT2D eigenvalue weighted by molar-refractivity contribution is 0.213. The summed E-state index contributed by atoms with van der Waals surface area (Å²) in [5.74, 6) is 0.401. The number of nitrogens with two attached hydrogens (primary N) is 1. The van der Waals surface area contributed by atoms with Gasteiger partial charge in [0, 0.05) is 18.0 Å². The van der Waals surface area contributed by atoms with Gasteiger partial charge in [0.1, 0.15) is 5.82 Å². The van der Waals surface area contributed by atoms with Gasteiger partial charge in [-0.3, -0.25) is 0 Å². The lowest BCUT2D eigenvalue weighted by Gasteiger charge is -2.22. The summed E-state index contributed by atoms with van der Waals surface area (Å²) in [5.41, 5.74) is 6.28. The van der Waals surface area contributed by atoms with Crippen LogP contribution in [0.25, 0.3) is 10.9 Å². The predicted molar refractivity (Wildman–Crippen MR) is 80.2 cm³/mol. The Labute approximate surface area is 123 Å². The largest absolute Gasteiger partial charge is 0.395 e. The highest BCUT2D eigenvalue weighted by Gasteiger charge is 2.34. The van der Waals surface area contributed by atoms with Crippen molar-refractivity contribution in [1.82, 2.24) is 9.29 Å². The molecule has 0 spiro atoms. The Hall–Kier alpha value is -1.70. The molecule has 1 aromatic heterocycles. The van der Waals surface area contributed by atoms with Gasteiger partial charge in [-0.2, -0.15) is 4.31 Å². The number of nitrogen functional groups attached to an aromatic ring is 1. The number of sulfonamides is 1. The van der Waals surface area contributed by atoms with Crippen molar-refractivity contribution in [2.45, 2.75) is 23.8 Å². The molecular formula is C14H17N3O3S. The third-order valence-electron chi connectivity index (χ3n) is 3.82. The minimum absolute atomic E-state index is 0.148. The SMILES string of the molecule is Nc1ccc2cc(S(=O)(=O)N3CCCC3CO)ccc2n1. The minimum atomic E-state index is -3.59. The fraction of sp³-hybridized carbons (Fsp3) is 0.357. The molecular weight excluding hydrogens is 290 g/mol. The van der Waals surface area contributed by atoms with E-state index in [0.717, 1.165) is 11.8 Å². The third-order valence-corrected chi connectivity index (χ3v) is 5.77. The molecule has 2 heterocycles. The number of hydrogen-bond donors (Lipinski definition) is 2. The van der Waals surface area contributed by atoms with E-state index in [1.165, 1.54) is 10.4 Å². The van der Waals surface area contributed by atoms with E-state index in [4.69, 9.17) is 5.73 Å². The van der Waals surface area contributed by atoms with Crippen LogP contribution >= 0.6 is 0 Å². The molecule has 1 aliphatic rings. The zero-order chi connectivity index (χ0) is 15.0. The van der Waals surface area contributed by atoms with E-state index in [1.807, 2.05) is 0 Å². The first kappa shape index (κ1) is 14.2. The predicted octanol–water partition coefficient (Wildman–Crippen LogP) is 0.962. The summed E-state index contributed by atoms with van der Waals surface area (Å²) in [6.45, 7) is 0.302. The van der Waals surface area contributed by atoms with Gasteiger partial charge in [-0.15, -0.1) is 0 Å². The number of rotatable bonds is 3. The number of aliphatic hydroxyl groups is 1. The highest BCUT2D eigenvalue weighted by Crippen LogP contribution is 2.27. The van der Waals surface area contributed by atoms with Crippen LogP contribution in [0.4, 0.5) is 5.82 Å². The lowest BCUT2D eigenvalue weighted by atomic mass is 10.2. The Bertz CT molecular complexity index is 776. The van der Waals surface area contributed by atoms with Crippen molar-refractivity contribution in [3.63, 3.8) is 0 Å². The summed E-state index contributed by atoms with van der Waals surface area (Å²) >= 11 is 0. The van der Waals surface area contributed by atoms with Gasteiger partial charge in [0.25, 0.3) is 0 Å². The normalized spacial score (nSPS) is 20.1. The standard InChI is InChI=1S/C14H17N3O3S/c15-14-6-3-10-8-12(4-5-13(10)16-14)21(19,20)17-7-1-2-11(17)9-18/h3-6,8,11,18H,1-2,7,9H2,(H2,15,16). The number of fused-ring (bicyclic) bond motifs is 1. The quantitative estimate of drug-likeness (QED) is 0.880. The molecule has 1 unspecified atom stereocenters. The van der Waals surface area contributed by atoms with E-state index in [9.17, 15) is 13.5 Å². The molecule has 3 rings (SSSR count). The van der Waals surface area contributed by atoms with Crippen molar-refractivity contribution >= 4 is 26.7 Å². The number of anilines is 1. The second-order valence-electron chi connectivity index (χ2n) is 5.19. The number of aliphatic hydroxyl groups excluding tert-OH is 1. The maximum Gasteiger partial charge on any atom is 0.243 e. The summed E-state index contributed by atoms with van der Waals surface area (Å²) in [6, 6.07) is 7.87. The monoisotopic (exact) mass is 307 g/mol. The topological polar surface area (TPSA) is 96.5 Å². The van der Waals surface area contributed by atoms with Crippen LogP contribution < -0.4 is 5.73 Å². The minimum Gasteiger partial charge on any atom is -0.395 e. The highest BCUT2D eigenvalue weighted by atomic mass is 32.2. The molecule has 2 aromatic rings. The molecule has 1 saturated heterocycles. The number of nitrogens with zero attached hydrogens (tertiary/aromatic N) is 2. The van der Waals surface area contributed by atoms with E-state index in [0.29, 0.717) is 24.3 Å². The molecule has 21 heavy (non-hydrogen) atoms. The van der Waals surface area contributed by atoms with Crippen molar-refractivity contribution in [3.05, 3.63) is 30.3 Å². The van der Waals surface area contributed by atoms with Gasteiger partial charge < -0.3 is 10.8 Å². The van der Waals surface area contributed by atoms with E-state index in [-0.39, 0.29) is 17.5 Å². The summed E-state index contributed by atoms with van der Waals surface area (Å²) in [7, 11) is -3.59. The van der Waals surface area contributed by atoms with Crippen LogP contribution in [-0.4, -0.2) is 42.0 Å². The maximum absolute atomic E-state index is 12.7. The molecule has 1 fully saturated rings. The van der Waals surface area contributed by atoms with Crippen LogP contribution in [0.3, 0.4) is 0 Å². The number of benzene rings is 1. The third kappa shape index (κ3) is 2.48. The molecule has 0 amide bonds. The first-order valence-electron chi connectivity index (χ1n) is 6.81. The fourth-order valence-electron chi connectivity index (χ4n) is 2.72. The molecule has 7 heteroatoms. The Morgan fingerprint density at radius 2 is 2.14 bits per heavy atom. The van der Waals surface area contributed by atoms with Gasteiger partial charge in [0.2, 0.25) is 10.0 Å². The molecule has 0 saturated carbocycles. The molecule has 3 N–H and O–H groups in total. The molecule has 0 radical (unpaired) electrons. The summed E-state index contributed by atoms with van der Waals surface area (Å²) in [5, 5.41) is 10.0. The molecule has 112 valence electrons. The van der Waals surface area contributed by atoms with Crippen LogP contribution in [0.5, 0.6) is 0 Å². The van der Waals surface area contributed by atoms with Crippen molar-refractivity contribution in [2.75, 3.05) is 18.9 Å². The van der Waals surface area contributed by atoms with Crippen molar-refractivity contribution in [3.8, 4) is 0 Å². The van der Waals surface area contributed by atoms with Gasteiger partial charge in [-0.05, 0) is 43.2 Å². The van der Waals surface area contributed by atoms with Gasteiger partial charge in [0.15, 0.2) is 0 Å². The second kappa shape index (κ2) is 5.25. The van der Waals surface area contributed by atoms with E-state index in [1.54, 1.807) is 24.3 Å². The van der Waals surface area contributed by atoms with Crippen LogP contribution in [0.15, 0.2) is 35.2 Å².